The van der Waals surface area contributed by atoms with Crippen molar-refractivity contribution in [2.75, 3.05) is 18.0 Å². The Kier molecular flexibility index (Phi) is 6.14. The first-order valence-corrected chi connectivity index (χ1v) is 10.2. The maximum absolute atomic E-state index is 12.5. The zero-order valence-electron chi connectivity index (χ0n) is 16.4. The van der Waals surface area contributed by atoms with Crippen molar-refractivity contribution in [3.8, 4) is 5.95 Å². The van der Waals surface area contributed by atoms with Crippen LogP contribution >= 0.6 is 0 Å². The lowest BCUT2D eigenvalue weighted by atomic mass is 9.99. The monoisotopic (exact) mass is 390 g/mol. The summed E-state index contributed by atoms with van der Waals surface area (Å²) in [6, 6.07) is 12.3. The molecule has 1 amide bonds. The van der Waals surface area contributed by atoms with Gasteiger partial charge in [-0.05, 0) is 37.3 Å². The number of benzene rings is 1. The molecule has 0 radical (unpaired) electrons. The summed E-state index contributed by atoms with van der Waals surface area (Å²) in [6.45, 7) is 1.57. The van der Waals surface area contributed by atoms with Crippen LogP contribution in [0, 0.1) is 0 Å². The van der Waals surface area contributed by atoms with E-state index in [1.807, 2.05) is 30.5 Å². The molecule has 3 aromatic rings. The van der Waals surface area contributed by atoms with Crippen molar-refractivity contribution in [3.63, 3.8) is 0 Å². The minimum Gasteiger partial charge on any atom is -0.356 e. The molecule has 0 aliphatic carbocycles. The molecule has 3 heterocycles. The molecule has 2 aromatic heterocycles. The molecule has 150 valence electrons. The lowest BCUT2D eigenvalue weighted by molar-refractivity contribution is -0.121. The summed E-state index contributed by atoms with van der Waals surface area (Å²) >= 11 is 0. The quantitative estimate of drug-likeness (QED) is 0.671. The molecule has 1 fully saturated rings. The van der Waals surface area contributed by atoms with Crippen LogP contribution in [0.5, 0.6) is 0 Å². The van der Waals surface area contributed by atoms with Crippen LogP contribution in [0.1, 0.15) is 31.2 Å². The number of imidazole rings is 1. The second-order valence-corrected chi connectivity index (χ2v) is 7.32. The van der Waals surface area contributed by atoms with Gasteiger partial charge in [0.05, 0.1) is 0 Å². The smallest absolute Gasteiger partial charge is 0.236 e. The molecule has 0 saturated carbocycles. The van der Waals surface area contributed by atoms with E-state index < -0.39 is 0 Å². The molecule has 1 unspecified atom stereocenters. The molecular formula is C22H26N6O. The van der Waals surface area contributed by atoms with Gasteiger partial charge in [-0.25, -0.2) is 9.97 Å². The van der Waals surface area contributed by atoms with E-state index in [4.69, 9.17) is 4.98 Å². The van der Waals surface area contributed by atoms with Gasteiger partial charge in [0, 0.05) is 44.1 Å². The molecule has 0 bridgehead atoms. The molecule has 29 heavy (non-hydrogen) atoms. The summed E-state index contributed by atoms with van der Waals surface area (Å²) in [5.74, 6) is 1.56. The zero-order chi connectivity index (χ0) is 19.9. The Morgan fingerprint density at radius 3 is 2.86 bits per heavy atom. The highest BCUT2D eigenvalue weighted by molar-refractivity contribution is 5.77. The maximum Gasteiger partial charge on any atom is 0.236 e. The number of hydrogen-bond donors (Lipinski definition) is 1. The van der Waals surface area contributed by atoms with E-state index in [-0.39, 0.29) is 11.9 Å². The summed E-state index contributed by atoms with van der Waals surface area (Å²) in [7, 11) is 0. The molecule has 1 aromatic carbocycles. The maximum atomic E-state index is 12.5. The highest BCUT2D eigenvalue weighted by Gasteiger charge is 2.26. The molecule has 1 atom stereocenters. The molecule has 1 aliphatic heterocycles. The number of nitrogens with one attached hydrogen (secondary N) is 1. The van der Waals surface area contributed by atoms with Gasteiger partial charge in [-0.3, -0.25) is 9.36 Å². The highest BCUT2D eigenvalue weighted by Crippen LogP contribution is 2.25. The Balaban J connectivity index is 1.37. The molecule has 0 spiro atoms. The van der Waals surface area contributed by atoms with E-state index in [2.05, 4.69) is 32.3 Å². The van der Waals surface area contributed by atoms with Crippen LogP contribution in [0.25, 0.3) is 5.95 Å². The third kappa shape index (κ3) is 4.99. The number of anilines is 1. The average molecular weight is 390 g/mol. The first kappa shape index (κ1) is 19.1. The van der Waals surface area contributed by atoms with Crippen molar-refractivity contribution in [2.45, 2.75) is 38.1 Å². The van der Waals surface area contributed by atoms with E-state index in [9.17, 15) is 4.79 Å². The fourth-order valence-corrected chi connectivity index (χ4v) is 3.79. The molecular weight excluding hydrogens is 364 g/mol. The molecule has 1 aliphatic rings. The summed E-state index contributed by atoms with van der Waals surface area (Å²) in [6.07, 6.45) is 11.6. The fraction of sp³-hybridized carbons (Fsp3) is 0.364. The molecule has 7 heteroatoms. The van der Waals surface area contributed by atoms with Crippen LogP contribution in [-0.4, -0.2) is 44.6 Å². The number of rotatable bonds is 7. The Labute approximate surface area is 170 Å². The van der Waals surface area contributed by atoms with Crippen molar-refractivity contribution in [2.24, 2.45) is 0 Å². The van der Waals surface area contributed by atoms with Gasteiger partial charge in [0.15, 0.2) is 0 Å². The third-order valence-corrected chi connectivity index (χ3v) is 5.28. The van der Waals surface area contributed by atoms with E-state index in [0.29, 0.717) is 18.9 Å². The van der Waals surface area contributed by atoms with Crippen molar-refractivity contribution in [1.29, 1.82) is 0 Å². The van der Waals surface area contributed by atoms with Crippen LogP contribution in [0.4, 0.5) is 5.82 Å². The van der Waals surface area contributed by atoms with Gasteiger partial charge in [-0.15, -0.1) is 0 Å². The second-order valence-electron chi connectivity index (χ2n) is 7.32. The number of carbonyl (C=O) groups excluding carboxylic acids is 1. The van der Waals surface area contributed by atoms with Crippen LogP contribution in [0.2, 0.25) is 0 Å². The number of piperidine rings is 1. The Bertz CT molecular complexity index is 912. The highest BCUT2D eigenvalue weighted by atomic mass is 16.1. The predicted molar refractivity (Wildman–Crippen MR) is 112 cm³/mol. The van der Waals surface area contributed by atoms with Crippen LogP contribution in [-0.2, 0) is 11.2 Å². The average Bonchev–Trinajstić information content (AvgIpc) is 3.30. The van der Waals surface area contributed by atoms with E-state index in [1.54, 1.807) is 23.3 Å². The topological polar surface area (TPSA) is 75.9 Å². The lowest BCUT2D eigenvalue weighted by Crippen LogP contribution is -2.43. The van der Waals surface area contributed by atoms with Gasteiger partial charge < -0.3 is 10.2 Å². The summed E-state index contributed by atoms with van der Waals surface area (Å²) in [4.78, 5) is 27.9. The minimum absolute atomic E-state index is 0.0988. The minimum atomic E-state index is 0.0988. The summed E-state index contributed by atoms with van der Waals surface area (Å²) in [5, 5.41) is 3.07. The first-order chi connectivity index (χ1) is 14.3. The summed E-state index contributed by atoms with van der Waals surface area (Å²) < 4.78 is 1.79. The Morgan fingerprint density at radius 1 is 1.14 bits per heavy atom. The largest absolute Gasteiger partial charge is 0.356 e. The predicted octanol–water partition coefficient (Wildman–Crippen LogP) is 2.77. The van der Waals surface area contributed by atoms with E-state index in [1.165, 1.54) is 5.56 Å². The molecule has 1 N–H and O–H groups in total. The SMILES string of the molecule is O=C(CC1CCCCN1c1ccnc(-n2ccnc2)n1)NCCc1ccccc1. The number of aromatic nitrogens is 4. The first-order valence-electron chi connectivity index (χ1n) is 10.2. The van der Waals surface area contributed by atoms with Crippen molar-refractivity contribution in [1.82, 2.24) is 24.8 Å². The molecule has 7 nitrogen and oxygen atoms in total. The normalized spacial score (nSPS) is 16.6. The van der Waals surface area contributed by atoms with Crippen molar-refractivity contribution in [3.05, 3.63) is 66.9 Å². The zero-order valence-corrected chi connectivity index (χ0v) is 16.4. The van der Waals surface area contributed by atoms with Gasteiger partial charge in [-0.2, -0.15) is 4.98 Å². The Morgan fingerprint density at radius 2 is 2.03 bits per heavy atom. The second kappa shape index (κ2) is 9.32. The van der Waals surface area contributed by atoms with E-state index in [0.717, 1.165) is 38.0 Å². The number of hydrogen-bond acceptors (Lipinski definition) is 5. The van der Waals surface area contributed by atoms with Gasteiger partial charge >= 0.3 is 0 Å². The van der Waals surface area contributed by atoms with Crippen molar-refractivity contribution < 1.29 is 4.79 Å². The van der Waals surface area contributed by atoms with Crippen LogP contribution in [0.15, 0.2) is 61.3 Å². The lowest BCUT2D eigenvalue weighted by Gasteiger charge is -2.36. The van der Waals surface area contributed by atoms with E-state index >= 15 is 0 Å². The van der Waals surface area contributed by atoms with Gasteiger partial charge in [0.2, 0.25) is 11.9 Å². The van der Waals surface area contributed by atoms with Gasteiger partial charge in [0.1, 0.15) is 12.1 Å². The van der Waals surface area contributed by atoms with Gasteiger partial charge in [0.25, 0.3) is 0 Å². The van der Waals surface area contributed by atoms with Crippen LogP contribution < -0.4 is 10.2 Å². The standard InChI is InChI=1S/C22H26N6O/c29-21(24-11-9-18-6-2-1-3-7-18)16-19-8-4-5-14-28(19)20-10-12-25-22(26-20)27-15-13-23-17-27/h1-3,6-7,10,12-13,15,17,19H,4-5,8-9,11,14,16H2,(H,24,29). The number of nitrogens with zero attached hydrogens (tertiary/aromatic N) is 5. The number of carbonyl (C=O) groups is 1. The third-order valence-electron chi connectivity index (χ3n) is 5.28. The number of amides is 1. The molecule has 4 rings (SSSR count). The summed E-state index contributed by atoms with van der Waals surface area (Å²) in [5.41, 5.74) is 1.24. The molecule has 1 saturated heterocycles. The van der Waals surface area contributed by atoms with Crippen LogP contribution in [0.3, 0.4) is 0 Å². The Hall–Kier alpha value is -3.22. The fourth-order valence-electron chi connectivity index (χ4n) is 3.79. The van der Waals surface area contributed by atoms with Gasteiger partial charge in [-0.1, -0.05) is 30.3 Å². The van der Waals surface area contributed by atoms with Crippen molar-refractivity contribution >= 4 is 11.7 Å².